The molecule has 0 aliphatic carbocycles. The van der Waals surface area contributed by atoms with E-state index in [1.807, 2.05) is 0 Å². The summed E-state index contributed by atoms with van der Waals surface area (Å²) in [6, 6.07) is 7.00. The Morgan fingerprint density at radius 1 is 1.21 bits per heavy atom. The highest BCUT2D eigenvalue weighted by Crippen LogP contribution is 2.13. The van der Waals surface area contributed by atoms with Crippen LogP contribution in [0, 0.1) is 12.3 Å². The van der Waals surface area contributed by atoms with E-state index in [0.29, 0.717) is 12.2 Å². The van der Waals surface area contributed by atoms with Crippen molar-refractivity contribution in [1.82, 2.24) is 4.90 Å². The van der Waals surface area contributed by atoms with Crippen LogP contribution in [-0.4, -0.2) is 36.9 Å². The highest BCUT2D eigenvalue weighted by atomic mass is 16.5. The second-order valence-corrected chi connectivity index (χ2v) is 4.75. The van der Waals surface area contributed by atoms with Crippen LogP contribution < -0.4 is 4.74 Å². The molecule has 1 aliphatic heterocycles. The molecule has 0 spiro atoms. The van der Waals surface area contributed by atoms with Crippen molar-refractivity contribution in [1.29, 1.82) is 0 Å². The molecule has 1 aromatic rings. The summed E-state index contributed by atoms with van der Waals surface area (Å²) < 4.78 is 5.67. The molecular weight excluding hydrogens is 238 g/mol. The number of likely N-dealkylation sites (tertiary alicyclic amines) is 1. The number of ether oxygens (including phenoxy) is 1. The van der Waals surface area contributed by atoms with Crippen molar-refractivity contribution < 1.29 is 9.53 Å². The number of piperidine rings is 1. The zero-order chi connectivity index (χ0) is 13.5. The molecule has 0 unspecified atom stereocenters. The molecule has 1 saturated heterocycles. The van der Waals surface area contributed by atoms with E-state index in [4.69, 9.17) is 11.2 Å². The van der Waals surface area contributed by atoms with Crippen LogP contribution >= 0.6 is 0 Å². The van der Waals surface area contributed by atoms with Gasteiger partial charge in [0.2, 0.25) is 5.78 Å². The number of terminal acetylenes is 1. The maximum atomic E-state index is 11.3. The van der Waals surface area contributed by atoms with Gasteiger partial charge in [0.15, 0.2) is 0 Å². The Bertz CT molecular complexity index is 453. The lowest BCUT2D eigenvalue weighted by atomic mass is 10.1. The third-order valence-electron chi connectivity index (χ3n) is 3.37. The van der Waals surface area contributed by atoms with E-state index in [9.17, 15) is 4.79 Å². The van der Waals surface area contributed by atoms with Crippen LogP contribution in [0.25, 0.3) is 0 Å². The molecule has 2 rings (SSSR count). The Kier molecular flexibility index (Phi) is 5.00. The van der Waals surface area contributed by atoms with Crippen LogP contribution in [0.1, 0.15) is 29.6 Å². The van der Waals surface area contributed by atoms with Gasteiger partial charge in [-0.3, -0.25) is 9.69 Å². The lowest BCUT2D eigenvalue weighted by Crippen LogP contribution is -2.33. The van der Waals surface area contributed by atoms with Crippen LogP contribution in [0.3, 0.4) is 0 Å². The number of carbonyl (C=O) groups is 1. The summed E-state index contributed by atoms with van der Waals surface area (Å²) in [4.78, 5) is 13.7. The largest absolute Gasteiger partial charge is 0.492 e. The molecule has 1 heterocycles. The number of Topliss-reactive ketones (excluding diaryl/α,β-unsaturated/α-hetero) is 1. The van der Waals surface area contributed by atoms with E-state index in [1.54, 1.807) is 24.3 Å². The van der Waals surface area contributed by atoms with Gasteiger partial charge >= 0.3 is 0 Å². The van der Waals surface area contributed by atoms with E-state index in [0.717, 1.165) is 12.3 Å². The van der Waals surface area contributed by atoms with E-state index in [1.165, 1.54) is 32.4 Å². The number of nitrogens with zero attached hydrogens (tertiary/aromatic N) is 1. The SMILES string of the molecule is C#CC(=O)c1ccc(OCCN2CCCCC2)cc1. The molecule has 3 heteroatoms. The number of hydrogen-bond acceptors (Lipinski definition) is 3. The Morgan fingerprint density at radius 2 is 1.89 bits per heavy atom. The van der Waals surface area contributed by atoms with Crippen molar-refractivity contribution in [3.05, 3.63) is 29.8 Å². The summed E-state index contributed by atoms with van der Waals surface area (Å²) in [6.45, 7) is 4.01. The minimum atomic E-state index is -0.292. The fourth-order valence-corrected chi connectivity index (χ4v) is 2.26. The van der Waals surface area contributed by atoms with Crippen molar-refractivity contribution in [2.75, 3.05) is 26.2 Å². The zero-order valence-corrected chi connectivity index (χ0v) is 11.1. The maximum absolute atomic E-state index is 11.3. The first kappa shape index (κ1) is 13.6. The Labute approximate surface area is 114 Å². The minimum Gasteiger partial charge on any atom is -0.492 e. The second-order valence-electron chi connectivity index (χ2n) is 4.75. The molecule has 0 radical (unpaired) electrons. The van der Waals surface area contributed by atoms with E-state index in [-0.39, 0.29) is 5.78 Å². The van der Waals surface area contributed by atoms with Crippen LogP contribution in [0.2, 0.25) is 0 Å². The fourth-order valence-electron chi connectivity index (χ4n) is 2.26. The highest BCUT2D eigenvalue weighted by Gasteiger charge is 2.09. The molecule has 0 N–H and O–H groups in total. The summed E-state index contributed by atoms with van der Waals surface area (Å²) in [7, 11) is 0. The monoisotopic (exact) mass is 257 g/mol. The first-order valence-corrected chi connectivity index (χ1v) is 6.76. The van der Waals surface area contributed by atoms with Crippen molar-refractivity contribution in [3.8, 4) is 18.1 Å². The molecule has 0 amide bonds. The summed E-state index contributed by atoms with van der Waals surface area (Å²) in [5, 5.41) is 0. The molecule has 1 aliphatic rings. The molecule has 1 fully saturated rings. The van der Waals surface area contributed by atoms with Gasteiger partial charge in [-0.25, -0.2) is 0 Å². The van der Waals surface area contributed by atoms with Gasteiger partial charge in [0, 0.05) is 12.1 Å². The van der Waals surface area contributed by atoms with Crippen LogP contribution in [0.15, 0.2) is 24.3 Å². The molecule has 0 aromatic heterocycles. The predicted octanol–water partition coefficient (Wildman–Crippen LogP) is 2.37. The highest BCUT2D eigenvalue weighted by molar-refractivity contribution is 6.08. The van der Waals surface area contributed by atoms with E-state index < -0.39 is 0 Å². The molecule has 3 nitrogen and oxygen atoms in total. The third-order valence-corrected chi connectivity index (χ3v) is 3.37. The van der Waals surface area contributed by atoms with Gasteiger partial charge in [-0.15, -0.1) is 6.42 Å². The summed E-state index contributed by atoms with van der Waals surface area (Å²) in [5.74, 6) is 2.59. The molecule has 0 atom stereocenters. The number of ketones is 1. The number of benzene rings is 1. The average molecular weight is 257 g/mol. The van der Waals surface area contributed by atoms with Gasteiger partial charge < -0.3 is 4.74 Å². The molecule has 0 saturated carbocycles. The number of rotatable bonds is 5. The number of carbonyl (C=O) groups excluding carboxylic acids is 1. The maximum Gasteiger partial charge on any atom is 0.235 e. The second kappa shape index (κ2) is 6.96. The fraction of sp³-hybridized carbons (Fsp3) is 0.438. The quantitative estimate of drug-likeness (QED) is 0.461. The van der Waals surface area contributed by atoms with Crippen molar-refractivity contribution >= 4 is 5.78 Å². The summed E-state index contributed by atoms with van der Waals surface area (Å²) in [5.41, 5.74) is 0.533. The lowest BCUT2D eigenvalue weighted by molar-refractivity contribution is 0.105. The van der Waals surface area contributed by atoms with E-state index >= 15 is 0 Å². The predicted molar refractivity (Wildman–Crippen MR) is 75.4 cm³/mol. The first-order valence-electron chi connectivity index (χ1n) is 6.76. The minimum absolute atomic E-state index is 0.292. The van der Waals surface area contributed by atoms with Gasteiger partial charge in [0.1, 0.15) is 12.4 Å². The lowest BCUT2D eigenvalue weighted by Gasteiger charge is -2.26. The van der Waals surface area contributed by atoms with Gasteiger partial charge in [-0.1, -0.05) is 6.42 Å². The first-order chi connectivity index (χ1) is 9.29. The summed E-state index contributed by atoms with van der Waals surface area (Å²) in [6.07, 6.45) is 9.01. The van der Waals surface area contributed by atoms with Gasteiger partial charge in [-0.2, -0.15) is 0 Å². The molecule has 100 valence electrons. The van der Waals surface area contributed by atoms with Gasteiger partial charge in [0.05, 0.1) is 0 Å². The normalized spacial score (nSPS) is 15.7. The molecular formula is C16H19NO2. The van der Waals surface area contributed by atoms with Crippen LogP contribution in [0.5, 0.6) is 5.75 Å². The smallest absolute Gasteiger partial charge is 0.235 e. The standard InChI is InChI=1S/C16H19NO2/c1-2-16(18)14-6-8-15(9-7-14)19-13-12-17-10-4-3-5-11-17/h1,6-9H,3-5,10-13H2. The zero-order valence-electron chi connectivity index (χ0n) is 11.1. The summed E-state index contributed by atoms with van der Waals surface area (Å²) >= 11 is 0. The molecule has 0 bridgehead atoms. The van der Waals surface area contributed by atoms with Crippen LogP contribution in [0.4, 0.5) is 0 Å². The third kappa shape index (κ3) is 4.11. The Morgan fingerprint density at radius 3 is 2.53 bits per heavy atom. The molecule has 19 heavy (non-hydrogen) atoms. The Balaban J connectivity index is 1.77. The van der Waals surface area contributed by atoms with Gasteiger partial charge in [-0.05, 0) is 56.1 Å². The number of hydrogen-bond donors (Lipinski definition) is 0. The van der Waals surface area contributed by atoms with Crippen LogP contribution in [-0.2, 0) is 0 Å². The topological polar surface area (TPSA) is 29.5 Å². The van der Waals surface area contributed by atoms with Crippen molar-refractivity contribution in [2.45, 2.75) is 19.3 Å². The molecule has 1 aromatic carbocycles. The average Bonchev–Trinajstić information content (AvgIpc) is 2.48. The Hall–Kier alpha value is -1.79. The van der Waals surface area contributed by atoms with Crippen molar-refractivity contribution in [3.63, 3.8) is 0 Å². The van der Waals surface area contributed by atoms with Gasteiger partial charge in [0.25, 0.3) is 0 Å². The van der Waals surface area contributed by atoms with Crippen molar-refractivity contribution in [2.24, 2.45) is 0 Å². The van der Waals surface area contributed by atoms with E-state index in [2.05, 4.69) is 10.8 Å².